The molecule has 16 heavy (non-hydrogen) atoms. The van der Waals surface area contributed by atoms with Crippen LogP contribution in [-0.2, 0) is 0 Å². The molecule has 1 N–H and O–H groups in total. The zero-order valence-electron chi connectivity index (χ0n) is 8.91. The summed E-state index contributed by atoms with van der Waals surface area (Å²) in [5, 5.41) is 3.23. The number of halogens is 1. The predicted molar refractivity (Wildman–Crippen MR) is 68.0 cm³/mol. The van der Waals surface area contributed by atoms with Gasteiger partial charge in [0.15, 0.2) is 0 Å². The third-order valence-corrected chi connectivity index (χ3v) is 3.39. The van der Waals surface area contributed by atoms with Crippen molar-refractivity contribution in [1.82, 2.24) is 5.32 Å². The van der Waals surface area contributed by atoms with Gasteiger partial charge in [-0.05, 0) is 30.2 Å². The highest BCUT2D eigenvalue weighted by molar-refractivity contribution is 6.38. The molecular weight excluding hydrogens is 220 g/mol. The summed E-state index contributed by atoms with van der Waals surface area (Å²) in [5.41, 5.74) is 4.60. The molecule has 0 radical (unpaired) electrons. The minimum absolute atomic E-state index is 0.0731. The molecule has 1 aliphatic carbocycles. The van der Waals surface area contributed by atoms with Gasteiger partial charge in [0.2, 0.25) is 0 Å². The van der Waals surface area contributed by atoms with Crippen LogP contribution >= 0.6 is 11.6 Å². The smallest absolute Gasteiger partial charge is 0.0947 e. The summed E-state index contributed by atoms with van der Waals surface area (Å²) in [7, 11) is 0. The van der Waals surface area contributed by atoms with E-state index in [2.05, 4.69) is 28.5 Å². The first-order valence-corrected chi connectivity index (χ1v) is 6.01. The summed E-state index contributed by atoms with van der Waals surface area (Å²) in [6, 6.07) is 0. The number of nitrogens with zero attached hydrogens (tertiary/aromatic N) is 1. The highest BCUT2D eigenvalue weighted by Gasteiger charge is 2.23. The molecule has 2 heterocycles. The fourth-order valence-corrected chi connectivity index (χ4v) is 2.43. The number of nitrogens with one attached hydrogen (secondary N) is 1. The van der Waals surface area contributed by atoms with Gasteiger partial charge >= 0.3 is 0 Å². The van der Waals surface area contributed by atoms with Crippen LogP contribution in [0, 0.1) is 0 Å². The van der Waals surface area contributed by atoms with Crippen LogP contribution in [0.25, 0.3) is 0 Å². The van der Waals surface area contributed by atoms with Crippen molar-refractivity contribution in [2.45, 2.75) is 11.8 Å². The molecule has 0 aromatic carbocycles. The molecule has 1 unspecified atom stereocenters. The first-order chi connectivity index (χ1) is 7.84. The van der Waals surface area contributed by atoms with Gasteiger partial charge < -0.3 is 5.32 Å². The molecule has 0 fully saturated rings. The van der Waals surface area contributed by atoms with Crippen LogP contribution in [0.5, 0.6) is 0 Å². The second-order valence-electron chi connectivity index (χ2n) is 4.12. The summed E-state index contributed by atoms with van der Waals surface area (Å²) < 4.78 is 0. The molecule has 0 amide bonds. The van der Waals surface area contributed by atoms with E-state index in [9.17, 15) is 0 Å². The third-order valence-electron chi connectivity index (χ3n) is 3.04. The van der Waals surface area contributed by atoms with E-state index >= 15 is 0 Å². The van der Waals surface area contributed by atoms with Crippen LogP contribution in [0.15, 0.2) is 52.2 Å². The van der Waals surface area contributed by atoms with Gasteiger partial charge in [0.05, 0.1) is 16.8 Å². The Labute approximate surface area is 100 Å². The molecule has 0 bridgehead atoms. The Hall–Kier alpha value is -1.12. The monoisotopic (exact) mass is 232 g/mol. The molecular formula is C13H13ClN2. The first kappa shape index (κ1) is 10.1. The Balaban J connectivity index is 1.93. The van der Waals surface area contributed by atoms with E-state index in [1.54, 1.807) is 0 Å². The van der Waals surface area contributed by atoms with Gasteiger partial charge in [-0.25, -0.2) is 0 Å². The summed E-state index contributed by atoms with van der Waals surface area (Å²) in [4.78, 5) is 4.64. The third kappa shape index (κ3) is 1.68. The molecule has 3 rings (SSSR count). The second-order valence-corrected chi connectivity index (χ2v) is 4.59. The lowest BCUT2D eigenvalue weighted by Crippen LogP contribution is -2.20. The van der Waals surface area contributed by atoms with E-state index < -0.39 is 0 Å². The minimum atomic E-state index is -0.0731. The lowest BCUT2D eigenvalue weighted by atomic mass is 10.0. The van der Waals surface area contributed by atoms with E-state index in [-0.39, 0.29) is 5.38 Å². The Morgan fingerprint density at radius 2 is 2.38 bits per heavy atom. The topological polar surface area (TPSA) is 24.4 Å². The number of alkyl halides is 1. The SMILES string of the molecule is ClC1C=CC=C2C=C(C3=CCNCC3)N=C21. The largest absolute Gasteiger partial charge is 0.313 e. The normalized spacial score (nSPS) is 27.9. The van der Waals surface area contributed by atoms with E-state index in [4.69, 9.17) is 11.6 Å². The average molecular weight is 233 g/mol. The molecule has 1 atom stereocenters. The molecule has 0 spiro atoms. The molecule has 82 valence electrons. The van der Waals surface area contributed by atoms with Gasteiger partial charge in [-0.3, -0.25) is 4.99 Å². The summed E-state index contributed by atoms with van der Waals surface area (Å²) in [6.45, 7) is 1.98. The van der Waals surface area contributed by atoms with Crippen molar-refractivity contribution < 1.29 is 0 Å². The lowest BCUT2D eigenvalue weighted by molar-refractivity contribution is 0.706. The van der Waals surface area contributed by atoms with Gasteiger partial charge in [0.1, 0.15) is 0 Å². The summed E-state index contributed by atoms with van der Waals surface area (Å²) in [6.07, 6.45) is 11.5. The maximum Gasteiger partial charge on any atom is 0.0947 e. The fourth-order valence-electron chi connectivity index (χ4n) is 2.17. The second kappa shape index (κ2) is 4.04. The van der Waals surface area contributed by atoms with Gasteiger partial charge in [0.25, 0.3) is 0 Å². The first-order valence-electron chi connectivity index (χ1n) is 5.58. The van der Waals surface area contributed by atoms with Crippen LogP contribution in [0.3, 0.4) is 0 Å². The van der Waals surface area contributed by atoms with Crippen LogP contribution < -0.4 is 5.32 Å². The van der Waals surface area contributed by atoms with Gasteiger partial charge in [-0.15, -0.1) is 11.6 Å². The molecule has 0 aromatic heterocycles. The number of fused-ring (bicyclic) bond motifs is 1. The van der Waals surface area contributed by atoms with Gasteiger partial charge in [0, 0.05) is 6.54 Å². The fraction of sp³-hybridized carbons (Fsp3) is 0.308. The molecule has 0 saturated heterocycles. The van der Waals surface area contributed by atoms with Crippen LogP contribution in [0.1, 0.15) is 6.42 Å². The molecule has 3 heteroatoms. The van der Waals surface area contributed by atoms with E-state index in [0.717, 1.165) is 36.5 Å². The average Bonchev–Trinajstić information content (AvgIpc) is 2.76. The van der Waals surface area contributed by atoms with Crippen molar-refractivity contribution in [3.63, 3.8) is 0 Å². The van der Waals surface area contributed by atoms with E-state index in [0.29, 0.717) is 0 Å². The summed E-state index contributed by atoms with van der Waals surface area (Å²) in [5.74, 6) is 0. The molecule has 0 saturated carbocycles. The number of hydrogen-bond donors (Lipinski definition) is 1. The van der Waals surface area contributed by atoms with Crippen molar-refractivity contribution in [3.05, 3.63) is 47.2 Å². The number of allylic oxidation sites excluding steroid dienone is 6. The zero-order valence-corrected chi connectivity index (χ0v) is 9.67. The zero-order chi connectivity index (χ0) is 11.0. The maximum atomic E-state index is 6.20. The van der Waals surface area contributed by atoms with Crippen molar-refractivity contribution >= 4 is 17.3 Å². The van der Waals surface area contributed by atoms with Crippen molar-refractivity contribution in [2.75, 3.05) is 13.1 Å². The Morgan fingerprint density at radius 1 is 1.44 bits per heavy atom. The Morgan fingerprint density at radius 3 is 3.12 bits per heavy atom. The van der Waals surface area contributed by atoms with Crippen molar-refractivity contribution in [3.8, 4) is 0 Å². The highest BCUT2D eigenvalue weighted by Crippen LogP contribution is 2.29. The Kier molecular flexibility index (Phi) is 2.54. The molecule has 2 aliphatic heterocycles. The van der Waals surface area contributed by atoms with Crippen LogP contribution in [-0.4, -0.2) is 24.2 Å². The number of aliphatic imine (C=N–C) groups is 1. The molecule has 0 aromatic rings. The van der Waals surface area contributed by atoms with Gasteiger partial charge in [-0.2, -0.15) is 0 Å². The Bertz CT molecular complexity index is 466. The number of rotatable bonds is 1. The van der Waals surface area contributed by atoms with Gasteiger partial charge in [-0.1, -0.05) is 24.3 Å². The van der Waals surface area contributed by atoms with Crippen molar-refractivity contribution in [2.24, 2.45) is 4.99 Å². The highest BCUT2D eigenvalue weighted by atomic mass is 35.5. The van der Waals surface area contributed by atoms with E-state index in [1.807, 2.05) is 12.2 Å². The minimum Gasteiger partial charge on any atom is -0.313 e. The van der Waals surface area contributed by atoms with Crippen molar-refractivity contribution in [1.29, 1.82) is 0 Å². The lowest BCUT2D eigenvalue weighted by Gasteiger charge is -2.13. The van der Waals surface area contributed by atoms with Crippen LogP contribution in [0.2, 0.25) is 0 Å². The standard InChI is InChI=1S/C13H13ClN2/c14-11-3-1-2-10-8-12(16-13(10)11)9-4-6-15-7-5-9/h1-4,8,11,15H,5-7H2. The summed E-state index contributed by atoms with van der Waals surface area (Å²) >= 11 is 6.20. The predicted octanol–water partition coefficient (Wildman–Crippen LogP) is 2.35. The molecule has 3 aliphatic rings. The quantitative estimate of drug-likeness (QED) is 0.690. The molecule has 2 nitrogen and oxygen atoms in total. The van der Waals surface area contributed by atoms with Crippen LogP contribution in [0.4, 0.5) is 0 Å². The van der Waals surface area contributed by atoms with E-state index in [1.165, 1.54) is 5.57 Å². The number of hydrogen-bond acceptors (Lipinski definition) is 2. The maximum absolute atomic E-state index is 6.20.